The Kier molecular flexibility index (Phi) is 5.96. The molecule has 9 aromatic carbocycles. The molecule has 0 aliphatic carbocycles. The third-order valence-corrected chi connectivity index (χ3v) is 10.7. The van der Waals surface area contributed by atoms with Gasteiger partial charge >= 0.3 is 0 Å². The summed E-state index contributed by atoms with van der Waals surface area (Å²) in [4.78, 5) is 20.4. The first-order valence-electron chi connectivity index (χ1n) is 18.0. The van der Waals surface area contributed by atoms with Crippen LogP contribution in [0.25, 0.3) is 122 Å². The molecule has 0 aliphatic heterocycles. The molecule has 6 nitrogen and oxygen atoms in total. The summed E-state index contributed by atoms with van der Waals surface area (Å²) < 4.78 is 13.2. The molecular formula is C48H26N4O2. The van der Waals surface area contributed by atoms with Crippen LogP contribution in [0.5, 0.6) is 0 Å². The minimum absolute atomic E-state index is 0.534. The molecule has 0 fully saturated rings. The second-order valence-electron chi connectivity index (χ2n) is 13.8. The predicted molar refractivity (Wildman–Crippen MR) is 218 cm³/mol. The molecular weight excluding hydrogens is 665 g/mol. The van der Waals surface area contributed by atoms with E-state index < -0.39 is 0 Å². The number of fused-ring (bicyclic) bond motifs is 8. The summed E-state index contributed by atoms with van der Waals surface area (Å²) in [5, 5.41) is 11.2. The van der Waals surface area contributed by atoms with Gasteiger partial charge in [-0.2, -0.15) is 0 Å². The van der Waals surface area contributed by atoms with Crippen LogP contribution >= 0.6 is 0 Å². The molecule has 0 unspecified atom stereocenters. The van der Waals surface area contributed by atoms with Gasteiger partial charge in [0.2, 0.25) is 5.89 Å². The summed E-state index contributed by atoms with van der Waals surface area (Å²) in [6.45, 7) is 0. The molecule has 0 N–H and O–H groups in total. The fourth-order valence-corrected chi connectivity index (χ4v) is 8.18. The van der Waals surface area contributed by atoms with Gasteiger partial charge in [0.15, 0.2) is 23.1 Å². The lowest BCUT2D eigenvalue weighted by Crippen LogP contribution is -2.00. The minimum atomic E-state index is 0.534. The van der Waals surface area contributed by atoms with Crippen molar-refractivity contribution in [2.75, 3.05) is 0 Å². The zero-order valence-electron chi connectivity index (χ0n) is 28.6. The molecule has 250 valence electrons. The summed E-state index contributed by atoms with van der Waals surface area (Å²) in [5.74, 6) is 2.30. The average molecular weight is 691 g/mol. The van der Waals surface area contributed by atoms with Gasteiger partial charge in [-0.1, -0.05) is 127 Å². The number of hydrogen-bond acceptors (Lipinski definition) is 6. The van der Waals surface area contributed by atoms with Crippen molar-refractivity contribution in [1.82, 2.24) is 19.9 Å². The minimum Gasteiger partial charge on any atom is -0.455 e. The van der Waals surface area contributed by atoms with Crippen LogP contribution in [0.4, 0.5) is 0 Å². The van der Waals surface area contributed by atoms with Crippen LogP contribution in [-0.2, 0) is 0 Å². The first-order valence-corrected chi connectivity index (χ1v) is 18.0. The van der Waals surface area contributed by atoms with E-state index in [1.807, 2.05) is 78.9 Å². The van der Waals surface area contributed by atoms with Crippen LogP contribution in [0.15, 0.2) is 167 Å². The quantitative estimate of drug-likeness (QED) is 0.171. The largest absolute Gasteiger partial charge is 0.455 e. The van der Waals surface area contributed by atoms with Crippen LogP contribution in [-0.4, -0.2) is 19.9 Å². The van der Waals surface area contributed by atoms with Gasteiger partial charge in [0.05, 0.1) is 5.56 Å². The van der Waals surface area contributed by atoms with Gasteiger partial charge in [0.25, 0.3) is 0 Å². The highest BCUT2D eigenvalue weighted by Crippen LogP contribution is 2.46. The predicted octanol–water partition coefficient (Wildman–Crippen LogP) is 12.6. The molecule has 0 aliphatic rings. The van der Waals surface area contributed by atoms with Crippen LogP contribution in [0, 0.1) is 0 Å². The van der Waals surface area contributed by atoms with Gasteiger partial charge in [0, 0.05) is 38.2 Å². The molecule has 0 saturated heterocycles. The van der Waals surface area contributed by atoms with Crippen molar-refractivity contribution in [3.05, 3.63) is 158 Å². The Morgan fingerprint density at radius 3 is 1.83 bits per heavy atom. The summed E-state index contributed by atoms with van der Waals surface area (Å²) >= 11 is 0. The molecule has 0 spiro atoms. The molecule has 54 heavy (non-hydrogen) atoms. The van der Waals surface area contributed by atoms with Crippen molar-refractivity contribution in [3.8, 4) is 45.6 Å². The molecule has 12 rings (SSSR count). The van der Waals surface area contributed by atoms with E-state index in [1.54, 1.807) is 0 Å². The topological polar surface area (TPSA) is 77.8 Å². The van der Waals surface area contributed by atoms with Crippen LogP contribution in [0.2, 0.25) is 0 Å². The SMILES string of the molecule is c1ccc(-c2nc(-c3ccc4c(ccc5c6ccccc6ccc45)c3)nc(-c3ccc4c5nc(-c6ccccc6)oc5c5cccc6oc3c4c65)n2)cc1. The maximum atomic E-state index is 6.71. The number of hydrogen-bond donors (Lipinski definition) is 0. The van der Waals surface area contributed by atoms with E-state index in [1.165, 1.54) is 26.9 Å². The third-order valence-electron chi connectivity index (χ3n) is 10.7. The van der Waals surface area contributed by atoms with Crippen molar-refractivity contribution in [1.29, 1.82) is 0 Å². The Hall–Kier alpha value is -7.44. The van der Waals surface area contributed by atoms with Crippen LogP contribution in [0.1, 0.15) is 0 Å². The number of furan rings is 1. The molecule has 0 amide bonds. The highest BCUT2D eigenvalue weighted by atomic mass is 16.3. The molecule has 3 heterocycles. The monoisotopic (exact) mass is 690 g/mol. The highest BCUT2D eigenvalue weighted by Gasteiger charge is 2.25. The van der Waals surface area contributed by atoms with Crippen molar-refractivity contribution >= 4 is 76.1 Å². The molecule has 0 radical (unpaired) electrons. The zero-order chi connectivity index (χ0) is 35.3. The second-order valence-corrected chi connectivity index (χ2v) is 13.8. The summed E-state index contributed by atoms with van der Waals surface area (Å²) in [5.41, 5.74) is 6.54. The van der Waals surface area contributed by atoms with Gasteiger partial charge in [-0.05, 0) is 62.6 Å². The van der Waals surface area contributed by atoms with E-state index in [9.17, 15) is 0 Å². The van der Waals surface area contributed by atoms with Crippen LogP contribution < -0.4 is 0 Å². The molecule has 3 aromatic heterocycles. The van der Waals surface area contributed by atoms with Crippen molar-refractivity contribution < 1.29 is 8.83 Å². The van der Waals surface area contributed by atoms with E-state index in [4.69, 9.17) is 28.8 Å². The lowest BCUT2D eigenvalue weighted by atomic mass is 9.96. The van der Waals surface area contributed by atoms with E-state index in [0.29, 0.717) is 28.9 Å². The molecule has 12 aromatic rings. The Bertz CT molecular complexity index is 3440. The van der Waals surface area contributed by atoms with Gasteiger partial charge in [-0.25, -0.2) is 19.9 Å². The maximum Gasteiger partial charge on any atom is 0.227 e. The summed E-state index contributed by atoms with van der Waals surface area (Å²) in [6.07, 6.45) is 0. The third kappa shape index (κ3) is 4.22. The van der Waals surface area contributed by atoms with Crippen molar-refractivity contribution in [3.63, 3.8) is 0 Å². The molecule has 0 bridgehead atoms. The Balaban J connectivity index is 1.08. The number of oxazole rings is 1. The van der Waals surface area contributed by atoms with Gasteiger partial charge in [0.1, 0.15) is 16.7 Å². The van der Waals surface area contributed by atoms with E-state index in [-0.39, 0.29) is 0 Å². The van der Waals surface area contributed by atoms with Gasteiger partial charge in [-0.15, -0.1) is 0 Å². The number of aromatic nitrogens is 4. The first kappa shape index (κ1) is 29.2. The number of nitrogens with zero attached hydrogens (tertiary/aromatic N) is 4. The van der Waals surface area contributed by atoms with Crippen LogP contribution in [0.3, 0.4) is 0 Å². The number of rotatable bonds is 4. The fraction of sp³-hybridized carbons (Fsp3) is 0. The molecule has 0 atom stereocenters. The van der Waals surface area contributed by atoms with E-state index in [0.717, 1.165) is 65.9 Å². The smallest absolute Gasteiger partial charge is 0.227 e. The molecule has 6 heteroatoms. The average Bonchev–Trinajstić information content (AvgIpc) is 3.87. The first-order chi connectivity index (χ1) is 26.7. The number of benzene rings is 9. The van der Waals surface area contributed by atoms with E-state index in [2.05, 4.69) is 78.9 Å². The highest BCUT2D eigenvalue weighted by molar-refractivity contribution is 6.32. The lowest BCUT2D eigenvalue weighted by molar-refractivity contribution is 0.623. The summed E-state index contributed by atoms with van der Waals surface area (Å²) in [6, 6.07) is 54.1. The lowest BCUT2D eigenvalue weighted by Gasteiger charge is -2.11. The fourth-order valence-electron chi connectivity index (χ4n) is 8.18. The van der Waals surface area contributed by atoms with Crippen molar-refractivity contribution in [2.24, 2.45) is 0 Å². The zero-order valence-corrected chi connectivity index (χ0v) is 28.6. The van der Waals surface area contributed by atoms with Gasteiger partial charge < -0.3 is 8.83 Å². The Morgan fingerprint density at radius 1 is 0.352 bits per heavy atom. The maximum absolute atomic E-state index is 6.71. The van der Waals surface area contributed by atoms with Gasteiger partial charge in [-0.3, -0.25) is 0 Å². The summed E-state index contributed by atoms with van der Waals surface area (Å²) in [7, 11) is 0. The second kappa shape index (κ2) is 11.0. The van der Waals surface area contributed by atoms with Crippen molar-refractivity contribution in [2.45, 2.75) is 0 Å². The Morgan fingerprint density at radius 2 is 1.00 bits per heavy atom. The van der Waals surface area contributed by atoms with E-state index >= 15 is 0 Å². The normalized spacial score (nSPS) is 12.1. The molecule has 0 saturated carbocycles. The Labute approximate surface area is 307 Å². The standard InChI is InChI=1S/C48H26N4O2/c1-3-11-28(12-4-1)45-50-46(31-20-21-33-30(26-31)19-23-34-32-15-8-7-10-27(32)18-22-35(33)34)52-47(51-45)38-25-24-36-41-40-37(16-9-17-39(40)53-43(38)41)44-42(36)49-48(54-44)29-13-5-2-6-14-29/h1-26H.